The van der Waals surface area contributed by atoms with Crippen molar-refractivity contribution in [1.82, 2.24) is 4.90 Å². The van der Waals surface area contributed by atoms with Gasteiger partial charge in [0.25, 0.3) is 0 Å². The van der Waals surface area contributed by atoms with Crippen molar-refractivity contribution in [2.75, 3.05) is 6.54 Å². The topological polar surface area (TPSA) is 29.3 Å². The average Bonchev–Trinajstić information content (AvgIpc) is 2.94. The molecule has 0 aliphatic rings. The van der Waals surface area contributed by atoms with Gasteiger partial charge in [0, 0.05) is 30.1 Å². The van der Waals surface area contributed by atoms with Gasteiger partial charge >= 0.3 is 0 Å². The molecule has 0 spiro atoms. The zero-order valence-electron chi connectivity index (χ0n) is 13.5. The molecule has 1 atom stereocenters. The number of aryl methyl sites for hydroxylation is 2. The Bertz CT molecular complexity index is 540. The Morgan fingerprint density at radius 1 is 1.10 bits per heavy atom. The second kappa shape index (κ2) is 7.21. The molecular formula is C18H26N2S. The lowest BCUT2D eigenvalue weighted by Crippen LogP contribution is -2.38. The summed E-state index contributed by atoms with van der Waals surface area (Å²) in [6, 6.07) is 11.6. The predicted molar refractivity (Wildman–Crippen MR) is 92.7 cm³/mol. The molecule has 3 heteroatoms. The van der Waals surface area contributed by atoms with E-state index in [1.165, 1.54) is 21.6 Å². The maximum Gasteiger partial charge on any atom is 0.0482 e. The van der Waals surface area contributed by atoms with Crippen LogP contribution in [0, 0.1) is 13.8 Å². The summed E-state index contributed by atoms with van der Waals surface area (Å²) in [4.78, 5) is 3.91. The fraction of sp³-hybridized carbons (Fsp3) is 0.444. The molecule has 2 N–H and O–H groups in total. The molecule has 1 unspecified atom stereocenters. The summed E-state index contributed by atoms with van der Waals surface area (Å²) in [7, 11) is 0. The summed E-state index contributed by atoms with van der Waals surface area (Å²) in [6.07, 6.45) is 0. The van der Waals surface area contributed by atoms with E-state index in [4.69, 9.17) is 5.73 Å². The summed E-state index contributed by atoms with van der Waals surface area (Å²) in [6.45, 7) is 10.5. The first kappa shape index (κ1) is 16.2. The Kier molecular flexibility index (Phi) is 5.57. The van der Waals surface area contributed by atoms with Crippen molar-refractivity contribution in [2.24, 2.45) is 5.73 Å². The fourth-order valence-electron chi connectivity index (χ4n) is 3.01. The van der Waals surface area contributed by atoms with Gasteiger partial charge in [0.05, 0.1) is 0 Å². The highest BCUT2D eigenvalue weighted by Gasteiger charge is 2.24. The summed E-state index contributed by atoms with van der Waals surface area (Å²) in [5, 5.41) is 2.14. The molecule has 0 bridgehead atoms. The van der Waals surface area contributed by atoms with Gasteiger partial charge in [-0.05, 0) is 55.8 Å². The van der Waals surface area contributed by atoms with Crippen LogP contribution in [-0.2, 0) is 6.54 Å². The van der Waals surface area contributed by atoms with Crippen LogP contribution in [0.5, 0.6) is 0 Å². The lowest BCUT2D eigenvalue weighted by atomic mass is 9.94. The van der Waals surface area contributed by atoms with Crippen LogP contribution in [0.15, 0.2) is 35.7 Å². The third kappa shape index (κ3) is 3.73. The molecule has 0 saturated carbocycles. The number of rotatable bonds is 6. The average molecular weight is 302 g/mol. The summed E-state index contributed by atoms with van der Waals surface area (Å²) < 4.78 is 0. The third-order valence-corrected chi connectivity index (χ3v) is 4.94. The van der Waals surface area contributed by atoms with Crippen LogP contribution in [0.1, 0.15) is 41.5 Å². The SMILES string of the molecule is Cc1cccc(C)c1C(CN)N(Cc1cccs1)C(C)C. The lowest BCUT2D eigenvalue weighted by Gasteiger charge is -2.36. The van der Waals surface area contributed by atoms with Crippen molar-refractivity contribution in [3.05, 3.63) is 57.3 Å². The standard InChI is InChI=1S/C18H26N2S/c1-13(2)20(12-16-9-6-10-21-16)17(11-19)18-14(3)7-5-8-15(18)4/h5-10,13,17H,11-12,19H2,1-4H3. The zero-order valence-corrected chi connectivity index (χ0v) is 14.3. The number of nitrogens with zero attached hydrogens (tertiary/aromatic N) is 1. The molecule has 2 nitrogen and oxygen atoms in total. The highest BCUT2D eigenvalue weighted by Crippen LogP contribution is 2.30. The van der Waals surface area contributed by atoms with E-state index >= 15 is 0 Å². The molecule has 0 aliphatic carbocycles. The minimum Gasteiger partial charge on any atom is -0.329 e. The molecule has 2 aromatic rings. The Hall–Kier alpha value is -1.16. The summed E-state index contributed by atoms with van der Waals surface area (Å²) in [5.41, 5.74) is 10.2. The maximum atomic E-state index is 6.17. The number of hydrogen-bond donors (Lipinski definition) is 1. The van der Waals surface area contributed by atoms with Gasteiger partial charge in [-0.3, -0.25) is 4.90 Å². The van der Waals surface area contributed by atoms with Crippen molar-refractivity contribution in [1.29, 1.82) is 0 Å². The Labute approximate surface area is 132 Å². The first-order chi connectivity index (χ1) is 10.0. The highest BCUT2D eigenvalue weighted by molar-refractivity contribution is 7.09. The van der Waals surface area contributed by atoms with E-state index in [0.29, 0.717) is 12.6 Å². The van der Waals surface area contributed by atoms with Gasteiger partial charge in [0.2, 0.25) is 0 Å². The summed E-state index contributed by atoms with van der Waals surface area (Å²) in [5.74, 6) is 0. The number of benzene rings is 1. The van der Waals surface area contributed by atoms with Gasteiger partial charge in [-0.2, -0.15) is 0 Å². The molecule has 0 fully saturated rings. The first-order valence-corrected chi connectivity index (χ1v) is 8.46. The number of hydrogen-bond acceptors (Lipinski definition) is 3. The van der Waals surface area contributed by atoms with E-state index in [9.17, 15) is 0 Å². The predicted octanol–water partition coefficient (Wildman–Crippen LogP) is 4.28. The van der Waals surface area contributed by atoms with Gasteiger partial charge in [0.15, 0.2) is 0 Å². The molecule has 21 heavy (non-hydrogen) atoms. The Morgan fingerprint density at radius 3 is 2.24 bits per heavy atom. The van der Waals surface area contributed by atoms with Crippen LogP contribution in [0.4, 0.5) is 0 Å². The largest absolute Gasteiger partial charge is 0.329 e. The number of thiophene rings is 1. The van der Waals surface area contributed by atoms with Gasteiger partial charge in [0.1, 0.15) is 0 Å². The van der Waals surface area contributed by atoms with Crippen LogP contribution >= 0.6 is 11.3 Å². The van der Waals surface area contributed by atoms with Crippen molar-refractivity contribution < 1.29 is 0 Å². The highest BCUT2D eigenvalue weighted by atomic mass is 32.1. The van der Waals surface area contributed by atoms with Crippen molar-refractivity contribution in [3.63, 3.8) is 0 Å². The summed E-state index contributed by atoms with van der Waals surface area (Å²) >= 11 is 1.82. The molecule has 0 amide bonds. The van der Waals surface area contributed by atoms with E-state index in [0.717, 1.165) is 6.54 Å². The van der Waals surface area contributed by atoms with Gasteiger partial charge in [-0.15, -0.1) is 11.3 Å². The van der Waals surface area contributed by atoms with Crippen LogP contribution in [0.25, 0.3) is 0 Å². The second-order valence-corrected chi connectivity index (χ2v) is 6.93. The van der Waals surface area contributed by atoms with E-state index in [-0.39, 0.29) is 6.04 Å². The van der Waals surface area contributed by atoms with Crippen LogP contribution in [-0.4, -0.2) is 17.5 Å². The smallest absolute Gasteiger partial charge is 0.0482 e. The van der Waals surface area contributed by atoms with Crippen LogP contribution in [0.2, 0.25) is 0 Å². The fourth-order valence-corrected chi connectivity index (χ4v) is 3.72. The minimum absolute atomic E-state index is 0.272. The van der Waals surface area contributed by atoms with E-state index in [1.807, 2.05) is 11.3 Å². The van der Waals surface area contributed by atoms with E-state index in [2.05, 4.69) is 68.3 Å². The normalized spacial score (nSPS) is 13.1. The molecule has 1 aromatic carbocycles. The van der Waals surface area contributed by atoms with E-state index < -0.39 is 0 Å². The van der Waals surface area contributed by atoms with Gasteiger partial charge in [-0.25, -0.2) is 0 Å². The Balaban J connectivity index is 2.36. The molecular weight excluding hydrogens is 276 g/mol. The van der Waals surface area contributed by atoms with Crippen LogP contribution in [0.3, 0.4) is 0 Å². The van der Waals surface area contributed by atoms with Crippen molar-refractivity contribution in [2.45, 2.75) is 46.3 Å². The maximum absolute atomic E-state index is 6.17. The van der Waals surface area contributed by atoms with Crippen molar-refractivity contribution >= 4 is 11.3 Å². The second-order valence-electron chi connectivity index (χ2n) is 5.90. The third-order valence-electron chi connectivity index (χ3n) is 4.08. The molecule has 1 aromatic heterocycles. The van der Waals surface area contributed by atoms with Crippen molar-refractivity contribution in [3.8, 4) is 0 Å². The quantitative estimate of drug-likeness (QED) is 0.863. The monoisotopic (exact) mass is 302 g/mol. The zero-order chi connectivity index (χ0) is 15.4. The molecule has 0 radical (unpaired) electrons. The Morgan fingerprint density at radius 2 is 1.76 bits per heavy atom. The molecule has 0 saturated heterocycles. The van der Waals surface area contributed by atoms with Crippen LogP contribution < -0.4 is 5.73 Å². The molecule has 0 aliphatic heterocycles. The minimum atomic E-state index is 0.272. The lowest BCUT2D eigenvalue weighted by molar-refractivity contribution is 0.148. The van der Waals surface area contributed by atoms with Gasteiger partial charge in [-0.1, -0.05) is 24.3 Å². The molecule has 1 heterocycles. The first-order valence-electron chi connectivity index (χ1n) is 7.59. The van der Waals surface area contributed by atoms with E-state index in [1.54, 1.807) is 0 Å². The number of nitrogens with two attached hydrogens (primary N) is 1. The van der Waals surface area contributed by atoms with Gasteiger partial charge < -0.3 is 5.73 Å². The molecule has 2 rings (SSSR count). The molecule has 114 valence electrons.